The summed E-state index contributed by atoms with van der Waals surface area (Å²) < 4.78 is 20.7. The van der Waals surface area contributed by atoms with Gasteiger partial charge in [0.1, 0.15) is 5.82 Å². The highest BCUT2D eigenvalue weighted by Gasteiger charge is 2.13. The standard InChI is InChI=1S/C14H17ClFN3O/c1-9-7-19(13-6-11(15)4-5-12(13)16)14(17-9)18-10(2)8-20-3/h4-7,10H,8H2,1-3H3,(H,17,18). The first-order valence-corrected chi connectivity index (χ1v) is 6.66. The number of anilines is 1. The van der Waals surface area contributed by atoms with Crippen LogP contribution in [0.2, 0.25) is 5.02 Å². The summed E-state index contributed by atoms with van der Waals surface area (Å²) in [7, 11) is 1.63. The van der Waals surface area contributed by atoms with Crippen molar-refractivity contribution in [3.8, 4) is 5.69 Å². The molecule has 0 bridgehead atoms. The normalized spacial score (nSPS) is 12.4. The minimum absolute atomic E-state index is 0.0581. The van der Waals surface area contributed by atoms with E-state index in [1.807, 2.05) is 13.8 Å². The molecule has 20 heavy (non-hydrogen) atoms. The molecule has 0 fully saturated rings. The number of aromatic nitrogens is 2. The van der Waals surface area contributed by atoms with Gasteiger partial charge in [-0.2, -0.15) is 0 Å². The van der Waals surface area contributed by atoms with Gasteiger partial charge in [-0.1, -0.05) is 11.6 Å². The summed E-state index contributed by atoms with van der Waals surface area (Å²) in [5.74, 6) is 0.211. The van der Waals surface area contributed by atoms with Crippen molar-refractivity contribution < 1.29 is 9.13 Å². The Balaban J connectivity index is 2.38. The van der Waals surface area contributed by atoms with Gasteiger partial charge in [-0.05, 0) is 32.0 Å². The van der Waals surface area contributed by atoms with Crippen molar-refractivity contribution in [3.63, 3.8) is 0 Å². The molecule has 1 aromatic carbocycles. The van der Waals surface area contributed by atoms with Crippen molar-refractivity contribution in [1.29, 1.82) is 0 Å². The van der Waals surface area contributed by atoms with Gasteiger partial charge >= 0.3 is 0 Å². The zero-order valence-corrected chi connectivity index (χ0v) is 12.4. The number of hydrogen-bond donors (Lipinski definition) is 1. The van der Waals surface area contributed by atoms with Gasteiger partial charge in [-0.15, -0.1) is 0 Å². The lowest BCUT2D eigenvalue weighted by Gasteiger charge is -2.15. The quantitative estimate of drug-likeness (QED) is 0.919. The Morgan fingerprint density at radius 2 is 2.25 bits per heavy atom. The number of ether oxygens (including phenoxy) is 1. The van der Waals surface area contributed by atoms with Gasteiger partial charge in [0.2, 0.25) is 5.95 Å². The molecule has 1 atom stereocenters. The Labute approximate surface area is 122 Å². The van der Waals surface area contributed by atoms with E-state index in [-0.39, 0.29) is 11.9 Å². The van der Waals surface area contributed by atoms with Crippen LogP contribution in [0.15, 0.2) is 24.4 Å². The van der Waals surface area contributed by atoms with Gasteiger partial charge in [0.25, 0.3) is 0 Å². The topological polar surface area (TPSA) is 39.1 Å². The summed E-state index contributed by atoms with van der Waals surface area (Å²) in [5, 5.41) is 3.67. The molecule has 6 heteroatoms. The second-order valence-corrected chi connectivity index (χ2v) is 5.11. The van der Waals surface area contributed by atoms with E-state index in [1.54, 1.807) is 23.9 Å². The fourth-order valence-electron chi connectivity index (χ4n) is 1.97. The Morgan fingerprint density at radius 3 is 2.95 bits per heavy atom. The number of nitrogens with one attached hydrogen (secondary N) is 1. The van der Waals surface area contributed by atoms with Crippen molar-refractivity contribution in [2.75, 3.05) is 19.0 Å². The van der Waals surface area contributed by atoms with Crippen LogP contribution in [0.4, 0.5) is 10.3 Å². The van der Waals surface area contributed by atoms with Crippen LogP contribution in [0.5, 0.6) is 0 Å². The van der Waals surface area contributed by atoms with E-state index in [2.05, 4.69) is 10.3 Å². The van der Waals surface area contributed by atoms with Crippen LogP contribution in [0.25, 0.3) is 5.69 Å². The van der Waals surface area contributed by atoms with Crippen LogP contribution in [-0.2, 0) is 4.74 Å². The maximum Gasteiger partial charge on any atom is 0.208 e. The molecular formula is C14H17ClFN3O. The van der Waals surface area contributed by atoms with Gasteiger partial charge < -0.3 is 10.1 Å². The van der Waals surface area contributed by atoms with E-state index in [0.717, 1.165) is 5.69 Å². The molecule has 1 unspecified atom stereocenters. The summed E-state index contributed by atoms with van der Waals surface area (Å²) in [4.78, 5) is 4.37. The Bertz CT molecular complexity index is 600. The van der Waals surface area contributed by atoms with Crippen LogP contribution < -0.4 is 5.32 Å². The Kier molecular flexibility index (Phi) is 4.62. The molecule has 0 aliphatic rings. The zero-order chi connectivity index (χ0) is 14.7. The molecule has 0 amide bonds. The van der Waals surface area contributed by atoms with Crippen LogP contribution >= 0.6 is 11.6 Å². The lowest BCUT2D eigenvalue weighted by molar-refractivity contribution is 0.190. The summed E-state index contributed by atoms with van der Waals surface area (Å²) in [6, 6.07) is 4.49. The fourth-order valence-corrected chi connectivity index (χ4v) is 2.13. The summed E-state index contributed by atoms with van der Waals surface area (Å²) in [6.07, 6.45) is 1.76. The van der Waals surface area contributed by atoms with Crippen molar-refractivity contribution in [3.05, 3.63) is 40.9 Å². The zero-order valence-electron chi connectivity index (χ0n) is 11.7. The third-order valence-corrected chi connectivity index (χ3v) is 3.02. The first-order chi connectivity index (χ1) is 9.51. The van der Waals surface area contributed by atoms with Crippen molar-refractivity contribution in [1.82, 2.24) is 9.55 Å². The van der Waals surface area contributed by atoms with Gasteiger partial charge in [0.05, 0.1) is 18.0 Å². The maximum atomic E-state index is 14.0. The van der Waals surface area contributed by atoms with Crippen molar-refractivity contribution in [2.24, 2.45) is 0 Å². The minimum Gasteiger partial charge on any atom is -0.383 e. The number of rotatable bonds is 5. The SMILES string of the molecule is COCC(C)Nc1nc(C)cn1-c1cc(Cl)ccc1F. The maximum absolute atomic E-state index is 14.0. The van der Waals surface area contributed by atoms with Crippen LogP contribution in [0.3, 0.4) is 0 Å². The second-order valence-electron chi connectivity index (χ2n) is 4.67. The van der Waals surface area contributed by atoms with Crippen molar-refractivity contribution in [2.45, 2.75) is 19.9 Å². The molecule has 0 spiro atoms. The van der Waals surface area contributed by atoms with Gasteiger partial charge in [0, 0.05) is 24.4 Å². The molecule has 2 aromatic rings. The van der Waals surface area contributed by atoms with E-state index < -0.39 is 0 Å². The number of methoxy groups -OCH3 is 1. The molecule has 0 saturated heterocycles. The summed E-state index contributed by atoms with van der Waals surface area (Å²) in [6.45, 7) is 4.35. The summed E-state index contributed by atoms with van der Waals surface area (Å²) >= 11 is 5.94. The molecular weight excluding hydrogens is 281 g/mol. The van der Waals surface area contributed by atoms with Gasteiger partial charge in [-0.25, -0.2) is 9.37 Å². The fraction of sp³-hybridized carbons (Fsp3) is 0.357. The molecule has 1 N–H and O–H groups in total. The lowest BCUT2D eigenvalue weighted by Crippen LogP contribution is -2.23. The first kappa shape index (κ1) is 14.8. The van der Waals surface area contributed by atoms with Crippen LogP contribution in [0.1, 0.15) is 12.6 Å². The number of halogens is 2. The molecule has 0 radical (unpaired) electrons. The van der Waals surface area contributed by atoms with E-state index >= 15 is 0 Å². The molecule has 108 valence electrons. The highest BCUT2D eigenvalue weighted by Crippen LogP contribution is 2.23. The Morgan fingerprint density at radius 1 is 1.50 bits per heavy atom. The van der Waals surface area contributed by atoms with Gasteiger partial charge in [-0.3, -0.25) is 4.57 Å². The third kappa shape index (κ3) is 3.29. The predicted octanol–water partition coefficient (Wildman–Crippen LogP) is 3.42. The highest BCUT2D eigenvalue weighted by molar-refractivity contribution is 6.30. The number of benzene rings is 1. The lowest BCUT2D eigenvalue weighted by atomic mass is 10.3. The number of imidazole rings is 1. The van der Waals surface area contributed by atoms with Crippen molar-refractivity contribution >= 4 is 17.5 Å². The summed E-state index contributed by atoms with van der Waals surface area (Å²) in [5.41, 5.74) is 1.15. The second kappa shape index (κ2) is 6.24. The molecule has 4 nitrogen and oxygen atoms in total. The van der Waals surface area contributed by atoms with Crippen LogP contribution in [0, 0.1) is 12.7 Å². The third-order valence-electron chi connectivity index (χ3n) is 2.79. The Hall–Kier alpha value is -1.59. The molecule has 1 heterocycles. The minimum atomic E-state index is -0.353. The van der Waals surface area contributed by atoms with E-state index in [9.17, 15) is 4.39 Å². The first-order valence-electron chi connectivity index (χ1n) is 6.28. The molecule has 2 rings (SSSR count). The largest absolute Gasteiger partial charge is 0.383 e. The average Bonchev–Trinajstić information content (AvgIpc) is 2.73. The van der Waals surface area contributed by atoms with Gasteiger partial charge in [0.15, 0.2) is 0 Å². The number of hydrogen-bond acceptors (Lipinski definition) is 3. The molecule has 0 aliphatic carbocycles. The molecule has 0 saturated carbocycles. The number of nitrogens with zero attached hydrogens (tertiary/aromatic N) is 2. The molecule has 0 aliphatic heterocycles. The van der Waals surface area contributed by atoms with Crippen LogP contribution in [-0.4, -0.2) is 29.3 Å². The molecule has 1 aromatic heterocycles. The predicted molar refractivity (Wildman–Crippen MR) is 78.2 cm³/mol. The number of aryl methyl sites for hydroxylation is 1. The van der Waals surface area contributed by atoms with E-state index in [0.29, 0.717) is 23.3 Å². The van der Waals surface area contributed by atoms with E-state index in [1.165, 1.54) is 12.1 Å². The average molecular weight is 298 g/mol. The highest BCUT2D eigenvalue weighted by atomic mass is 35.5. The monoisotopic (exact) mass is 297 g/mol. The van der Waals surface area contributed by atoms with E-state index in [4.69, 9.17) is 16.3 Å². The smallest absolute Gasteiger partial charge is 0.208 e.